The Hall–Kier alpha value is -2.77. The number of nitrogens with zero attached hydrogens (tertiary/aromatic N) is 3. The number of hydrogen-bond donors (Lipinski definition) is 0. The van der Waals surface area contributed by atoms with Crippen LogP contribution in [-0.4, -0.2) is 71.8 Å². The molecule has 2 saturated heterocycles. The van der Waals surface area contributed by atoms with Gasteiger partial charge in [0.25, 0.3) is 0 Å². The van der Waals surface area contributed by atoms with Gasteiger partial charge in [0.15, 0.2) is 0 Å². The molecule has 0 aromatic heterocycles. The van der Waals surface area contributed by atoms with Crippen molar-refractivity contribution in [2.45, 2.75) is 64.2 Å². The number of fused-ring (bicyclic) bond motifs is 1. The van der Waals surface area contributed by atoms with Crippen molar-refractivity contribution >= 4 is 23.8 Å². The number of esters is 1. The van der Waals surface area contributed by atoms with Crippen LogP contribution in [0.15, 0.2) is 24.3 Å². The maximum Gasteiger partial charge on any atom is 0.410 e. The fourth-order valence-corrected chi connectivity index (χ4v) is 4.42. The van der Waals surface area contributed by atoms with E-state index in [-0.39, 0.29) is 30.2 Å². The maximum atomic E-state index is 12.9. The molecule has 8 nitrogen and oxygen atoms in total. The number of rotatable bonds is 3. The number of piperazine rings is 1. The Morgan fingerprint density at radius 2 is 1.68 bits per heavy atom. The summed E-state index contributed by atoms with van der Waals surface area (Å²) in [6.07, 6.45) is 3.76. The quantitative estimate of drug-likeness (QED) is 0.686. The van der Waals surface area contributed by atoms with Crippen LogP contribution in [0.3, 0.4) is 0 Å². The Morgan fingerprint density at radius 3 is 2.32 bits per heavy atom. The van der Waals surface area contributed by atoms with Crippen molar-refractivity contribution in [1.82, 2.24) is 9.80 Å². The average Bonchev–Trinajstić information content (AvgIpc) is 3.34. The predicted molar refractivity (Wildman–Crippen MR) is 115 cm³/mol. The van der Waals surface area contributed by atoms with Crippen LogP contribution >= 0.6 is 0 Å². The van der Waals surface area contributed by atoms with Gasteiger partial charge in [-0.05, 0) is 70.7 Å². The van der Waals surface area contributed by atoms with E-state index in [9.17, 15) is 14.4 Å². The van der Waals surface area contributed by atoms with Gasteiger partial charge in [0.2, 0.25) is 0 Å². The van der Waals surface area contributed by atoms with Gasteiger partial charge in [0.05, 0.1) is 11.6 Å². The number of anilines is 1. The molecule has 3 fully saturated rings. The number of benzene rings is 1. The predicted octanol–water partition coefficient (Wildman–Crippen LogP) is 3.65. The maximum absolute atomic E-state index is 12.9. The Bertz CT molecular complexity index is 842. The standard InChI is InChI=1S/C23H31N3O5/c1-23(2,3)31-22(29)24-12-13-25-18(14-24)15-26(21(25)28)17-10-8-16(9-11-17)20(27)30-19-6-4-5-7-19/h8-11,18-19H,4-7,12-15H2,1-3H3/t18-/m0/s1. The lowest BCUT2D eigenvalue weighted by atomic mass is 10.1. The molecule has 3 amide bonds. The second-order valence-electron chi connectivity index (χ2n) is 9.53. The molecule has 3 aliphatic rings. The summed E-state index contributed by atoms with van der Waals surface area (Å²) < 4.78 is 11.0. The smallest absolute Gasteiger partial charge is 0.410 e. The van der Waals surface area contributed by atoms with Crippen molar-refractivity contribution in [3.63, 3.8) is 0 Å². The van der Waals surface area contributed by atoms with Crippen LogP contribution in [0.2, 0.25) is 0 Å². The summed E-state index contributed by atoms with van der Waals surface area (Å²) in [7, 11) is 0. The highest BCUT2D eigenvalue weighted by Crippen LogP contribution is 2.28. The van der Waals surface area contributed by atoms with Crippen LogP contribution in [0.5, 0.6) is 0 Å². The lowest BCUT2D eigenvalue weighted by Crippen LogP contribution is -2.54. The third-order valence-electron chi connectivity index (χ3n) is 5.99. The van der Waals surface area contributed by atoms with Crippen LogP contribution < -0.4 is 4.90 Å². The van der Waals surface area contributed by atoms with Gasteiger partial charge in [0.1, 0.15) is 11.7 Å². The highest BCUT2D eigenvalue weighted by Gasteiger charge is 2.43. The van der Waals surface area contributed by atoms with Gasteiger partial charge in [-0.2, -0.15) is 0 Å². The summed E-state index contributed by atoms with van der Waals surface area (Å²) in [5, 5.41) is 0. The fourth-order valence-electron chi connectivity index (χ4n) is 4.42. The van der Waals surface area contributed by atoms with Gasteiger partial charge >= 0.3 is 18.1 Å². The molecule has 31 heavy (non-hydrogen) atoms. The van der Waals surface area contributed by atoms with E-state index in [0.717, 1.165) is 31.4 Å². The number of urea groups is 1. The summed E-state index contributed by atoms with van der Waals surface area (Å²) in [6.45, 7) is 7.40. The topological polar surface area (TPSA) is 79.4 Å². The monoisotopic (exact) mass is 429 g/mol. The zero-order chi connectivity index (χ0) is 22.2. The van der Waals surface area contributed by atoms with E-state index in [1.165, 1.54) is 0 Å². The molecule has 2 aliphatic heterocycles. The molecule has 1 aliphatic carbocycles. The molecule has 0 spiro atoms. The minimum Gasteiger partial charge on any atom is -0.459 e. The molecule has 1 aromatic carbocycles. The first-order valence-corrected chi connectivity index (χ1v) is 11.1. The third-order valence-corrected chi connectivity index (χ3v) is 5.99. The van der Waals surface area contributed by atoms with E-state index in [2.05, 4.69) is 0 Å². The molecule has 0 bridgehead atoms. The highest BCUT2D eigenvalue weighted by atomic mass is 16.6. The molecule has 2 heterocycles. The molecular formula is C23H31N3O5. The molecule has 1 saturated carbocycles. The van der Waals surface area contributed by atoms with Gasteiger partial charge < -0.3 is 19.3 Å². The van der Waals surface area contributed by atoms with Gasteiger partial charge in [0, 0.05) is 31.9 Å². The zero-order valence-corrected chi connectivity index (χ0v) is 18.5. The molecule has 8 heteroatoms. The first-order chi connectivity index (χ1) is 14.7. The van der Waals surface area contributed by atoms with E-state index in [0.29, 0.717) is 31.7 Å². The Kier molecular flexibility index (Phi) is 5.81. The van der Waals surface area contributed by atoms with E-state index in [1.54, 1.807) is 34.1 Å². The SMILES string of the molecule is CC(C)(C)OC(=O)N1CCN2C(=O)N(c3ccc(C(=O)OC4CCCC4)cc3)C[C@@H]2C1. The molecule has 1 aromatic rings. The van der Waals surface area contributed by atoms with Crippen LogP contribution in [-0.2, 0) is 9.47 Å². The van der Waals surface area contributed by atoms with Gasteiger partial charge in [-0.25, -0.2) is 14.4 Å². The molecule has 1 atom stereocenters. The average molecular weight is 430 g/mol. The first-order valence-electron chi connectivity index (χ1n) is 11.1. The van der Waals surface area contributed by atoms with Gasteiger partial charge in [-0.3, -0.25) is 4.90 Å². The van der Waals surface area contributed by atoms with Crippen molar-refractivity contribution in [3.05, 3.63) is 29.8 Å². The lowest BCUT2D eigenvalue weighted by molar-refractivity contribution is 0.0127. The number of ether oxygens (including phenoxy) is 2. The molecule has 4 rings (SSSR count). The fraction of sp³-hybridized carbons (Fsp3) is 0.609. The summed E-state index contributed by atoms with van der Waals surface area (Å²) in [4.78, 5) is 42.8. The summed E-state index contributed by atoms with van der Waals surface area (Å²) in [5.41, 5.74) is 0.684. The lowest BCUT2D eigenvalue weighted by Gasteiger charge is -2.36. The molecular weight excluding hydrogens is 398 g/mol. The number of amides is 3. The molecule has 0 radical (unpaired) electrons. The molecule has 0 unspecified atom stereocenters. The van der Waals surface area contributed by atoms with Crippen molar-refractivity contribution in [2.24, 2.45) is 0 Å². The number of carbonyl (C=O) groups excluding carboxylic acids is 3. The second-order valence-corrected chi connectivity index (χ2v) is 9.53. The van der Waals surface area contributed by atoms with Crippen LogP contribution in [0.1, 0.15) is 56.8 Å². The van der Waals surface area contributed by atoms with E-state index in [1.807, 2.05) is 25.7 Å². The zero-order valence-electron chi connectivity index (χ0n) is 18.5. The third kappa shape index (κ3) is 4.78. The van der Waals surface area contributed by atoms with Crippen LogP contribution in [0, 0.1) is 0 Å². The Balaban J connectivity index is 1.38. The summed E-state index contributed by atoms with van der Waals surface area (Å²) in [6, 6.07) is 6.84. The minimum atomic E-state index is -0.549. The summed E-state index contributed by atoms with van der Waals surface area (Å²) in [5.74, 6) is -0.309. The molecule has 168 valence electrons. The van der Waals surface area contributed by atoms with E-state index in [4.69, 9.17) is 9.47 Å². The Morgan fingerprint density at radius 1 is 1.00 bits per heavy atom. The Labute approximate surface area is 183 Å². The molecule has 0 N–H and O–H groups in total. The normalized spacial score (nSPS) is 22.0. The van der Waals surface area contributed by atoms with Crippen molar-refractivity contribution in [2.75, 3.05) is 31.1 Å². The summed E-state index contributed by atoms with van der Waals surface area (Å²) >= 11 is 0. The van der Waals surface area contributed by atoms with Crippen molar-refractivity contribution < 1.29 is 23.9 Å². The van der Waals surface area contributed by atoms with E-state index < -0.39 is 5.60 Å². The van der Waals surface area contributed by atoms with Gasteiger partial charge in [-0.1, -0.05) is 0 Å². The van der Waals surface area contributed by atoms with Gasteiger partial charge in [-0.15, -0.1) is 0 Å². The van der Waals surface area contributed by atoms with E-state index >= 15 is 0 Å². The van der Waals surface area contributed by atoms with Crippen molar-refractivity contribution in [3.8, 4) is 0 Å². The largest absolute Gasteiger partial charge is 0.459 e. The first kappa shape index (κ1) is 21.5. The highest BCUT2D eigenvalue weighted by molar-refractivity contribution is 5.96. The minimum absolute atomic E-state index is 0.0242. The second kappa shape index (κ2) is 8.40. The number of carbonyl (C=O) groups is 3. The van der Waals surface area contributed by atoms with Crippen molar-refractivity contribution in [1.29, 1.82) is 0 Å². The number of hydrogen-bond acceptors (Lipinski definition) is 5. The van der Waals surface area contributed by atoms with Crippen LogP contribution in [0.25, 0.3) is 0 Å². The van der Waals surface area contributed by atoms with Crippen LogP contribution in [0.4, 0.5) is 15.3 Å².